The van der Waals surface area contributed by atoms with Crippen LogP contribution in [0.3, 0.4) is 0 Å². The number of benzene rings is 2. The van der Waals surface area contributed by atoms with Crippen molar-refractivity contribution in [3.63, 3.8) is 0 Å². The molecule has 3 rings (SSSR count). The van der Waals surface area contributed by atoms with Gasteiger partial charge in [-0.05, 0) is 17.7 Å². The highest BCUT2D eigenvalue weighted by molar-refractivity contribution is 7.89. The Morgan fingerprint density at radius 2 is 1.67 bits per heavy atom. The molecule has 2 N–H and O–H groups in total. The van der Waals surface area contributed by atoms with Gasteiger partial charge in [0.15, 0.2) is 17.5 Å². The molecule has 0 saturated carbocycles. The second kappa shape index (κ2) is 8.39. The molecule has 0 spiro atoms. The Balaban J connectivity index is 1.89. The van der Waals surface area contributed by atoms with Crippen LogP contribution in [0.25, 0.3) is 0 Å². The summed E-state index contributed by atoms with van der Waals surface area (Å²) in [7, 11) is -4.40. The minimum Gasteiger partial charge on any atom is -0.370 e. The van der Waals surface area contributed by atoms with E-state index in [4.69, 9.17) is 4.74 Å². The molecular formula is C18H20F3N2O3S+. The van der Waals surface area contributed by atoms with Crippen LogP contribution in [0.15, 0.2) is 47.4 Å². The van der Waals surface area contributed by atoms with Gasteiger partial charge in [-0.2, -0.15) is 4.72 Å². The van der Waals surface area contributed by atoms with E-state index in [0.717, 1.165) is 11.0 Å². The summed E-state index contributed by atoms with van der Waals surface area (Å²) in [5.41, 5.74) is 0.697. The molecule has 2 aromatic rings. The van der Waals surface area contributed by atoms with Crippen LogP contribution >= 0.6 is 0 Å². The van der Waals surface area contributed by atoms with Gasteiger partial charge in [0.05, 0.1) is 25.8 Å². The van der Waals surface area contributed by atoms with Gasteiger partial charge < -0.3 is 9.64 Å². The average Bonchev–Trinajstić information content (AvgIpc) is 2.67. The molecule has 1 aliphatic rings. The molecule has 0 aliphatic carbocycles. The second-order valence-electron chi connectivity index (χ2n) is 6.32. The normalized spacial score (nSPS) is 17.0. The number of quaternary nitrogens is 1. The number of sulfonamides is 1. The first-order valence-corrected chi connectivity index (χ1v) is 9.99. The van der Waals surface area contributed by atoms with Gasteiger partial charge in [0, 0.05) is 0 Å². The first kappa shape index (κ1) is 19.8. The van der Waals surface area contributed by atoms with Gasteiger partial charge in [0.1, 0.15) is 18.0 Å². The SMILES string of the molecule is O=S(=O)(N[C@@H](C[NH+]1CCOCC1)c1ccccc1)c1ccc(F)c(F)c1F. The standard InChI is InChI=1S/C18H19F3N2O3S/c19-14-6-7-16(18(21)17(14)20)27(24,25)22-15(13-4-2-1-3-5-13)12-23-8-10-26-11-9-23/h1-7,15,22H,8-12H2/p+1/t15-/m0/s1. The predicted octanol–water partition coefficient (Wildman–Crippen LogP) is 1.04. The molecule has 27 heavy (non-hydrogen) atoms. The molecule has 9 heteroatoms. The van der Waals surface area contributed by atoms with E-state index in [1.54, 1.807) is 30.3 Å². The zero-order valence-electron chi connectivity index (χ0n) is 14.4. The highest BCUT2D eigenvalue weighted by atomic mass is 32.2. The smallest absolute Gasteiger partial charge is 0.244 e. The van der Waals surface area contributed by atoms with Gasteiger partial charge in [-0.25, -0.2) is 21.6 Å². The zero-order valence-corrected chi connectivity index (χ0v) is 15.2. The molecule has 0 unspecified atom stereocenters. The van der Waals surface area contributed by atoms with E-state index < -0.39 is 38.4 Å². The topological polar surface area (TPSA) is 59.8 Å². The summed E-state index contributed by atoms with van der Waals surface area (Å²) in [6.45, 7) is 2.98. The quantitative estimate of drug-likeness (QED) is 0.712. The Labute approximate surface area is 155 Å². The monoisotopic (exact) mass is 401 g/mol. The maximum Gasteiger partial charge on any atom is 0.244 e. The molecule has 0 amide bonds. The lowest BCUT2D eigenvalue weighted by molar-refractivity contribution is -0.909. The predicted molar refractivity (Wildman–Crippen MR) is 92.2 cm³/mol. The van der Waals surface area contributed by atoms with Crippen molar-refractivity contribution in [3.05, 3.63) is 65.5 Å². The van der Waals surface area contributed by atoms with Gasteiger partial charge in [0.25, 0.3) is 0 Å². The summed E-state index contributed by atoms with van der Waals surface area (Å²) in [6.07, 6.45) is 0. The van der Waals surface area contributed by atoms with E-state index in [1.165, 1.54) is 0 Å². The minimum absolute atomic E-state index is 0.415. The van der Waals surface area contributed by atoms with Gasteiger partial charge in [-0.1, -0.05) is 30.3 Å². The molecule has 1 saturated heterocycles. The van der Waals surface area contributed by atoms with Crippen LogP contribution in [0.2, 0.25) is 0 Å². The van der Waals surface area contributed by atoms with Crippen LogP contribution in [0.5, 0.6) is 0 Å². The maximum absolute atomic E-state index is 14.0. The average molecular weight is 401 g/mol. The van der Waals surface area contributed by atoms with E-state index in [9.17, 15) is 21.6 Å². The lowest BCUT2D eigenvalue weighted by atomic mass is 10.1. The number of halogens is 3. The summed E-state index contributed by atoms with van der Waals surface area (Å²) in [5.74, 6) is -4.98. The lowest BCUT2D eigenvalue weighted by Gasteiger charge is -2.28. The van der Waals surface area contributed by atoms with Gasteiger partial charge in [-0.15, -0.1) is 0 Å². The number of nitrogens with one attached hydrogen (secondary N) is 2. The van der Waals surface area contributed by atoms with Gasteiger partial charge in [0.2, 0.25) is 10.0 Å². The van der Waals surface area contributed by atoms with Crippen LogP contribution < -0.4 is 9.62 Å². The Morgan fingerprint density at radius 3 is 2.33 bits per heavy atom. The molecule has 146 valence electrons. The highest BCUT2D eigenvalue weighted by Gasteiger charge is 2.30. The summed E-state index contributed by atoms with van der Waals surface area (Å²) in [4.78, 5) is 0.211. The number of hydrogen-bond acceptors (Lipinski definition) is 3. The summed E-state index contributed by atoms with van der Waals surface area (Å²) >= 11 is 0. The summed E-state index contributed by atoms with van der Waals surface area (Å²) in [6, 6.07) is 9.51. The fourth-order valence-corrected chi connectivity index (χ4v) is 4.33. The summed E-state index contributed by atoms with van der Waals surface area (Å²) < 4.78 is 73.7. The second-order valence-corrected chi connectivity index (χ2v) is 8.01. The maximum atomic E-state index is 14.0. The molecule has 0 bridgehead atoms. The molecule has 0 aromatic heterocycles. The third-order valence-electron chi connectivity index (χ3n) is 4.48. The molecule has 1 heterocycles. The molecule has 1 atom stereocenters. The van der Waals surface area contributed by atoms with Crippen molar-refractivity contribution in [2.75, 3.05) is 32.8 Å². The van der Waals surface area contributed by atoms with Crippen molar-refractivity contribution >= 4 is 10.0 Å². The van der Waals surface area contributed by atoms with E-state index >= 15 is 0 Å². The first-order chi connectivity index (χ1) is 12.9. The zero-order chi connectivity index (χ0) is 19.4. The van der Waals surface area contributed by atoms with Crippen molar-refractivity contribution in [2.45, 2.75) is 10.9 Å². The van der Waals surface area contributed by atoms with Crippen LogP contribution in [0, 0.1) is 17.5 Å². The Kier molecular flexibility index (Phi) is 6.15. The third kappa shape index (κ3) is 4.67. The van der Waals surface area contributed by atoms with Gasteiger partial charge in [-0.3, -0.25) is 0 Å². The van der Waals surface area contributed by atoms with Crippen molar-refractivity contribution in [3.8, 4) is 0 Å². The summed E-state index contributed by atoms with van der Waals surface area (Å²) in [5, 5.41) is 0. The van der Waals surface area contributed by atoms with E-state index in [2.05, 4.69) is 4.72 Å². The van der Waals surface area contributed by atoms with Crippen molar-refractivity contribution in [2.24, 2.45) is 0 Å². The van der Waals surface area contributed by atoms with E-state index in [-0.39, 0.29) is 0 Å². The Morgan fingerprint density at radius 1 is 1.00 bits per heavy atom. The molecule has 5 nitrogen and oxygen atoms in total. The molecule has 2 aromatic carbocycles. The minimum atomic E-state index is -4.40. The number of morpholine rings is 1. The number of rotatable bonds is 6. The van der Waals surface area contributed by atoms with Crippen LogP contribution in [-0.2, 0) is 14.8 Å². The fraction of sp³-hybridized carbons (Fsp3) is 0.333. The highest BCUT2D eigenvalue weighted by Crippen LogP contribution is 2.22. The largest absolute Gasteiger partial charge is 0.370 e. The van der Waals surface area contributed by atoms with Crippen LogP contribution in [0.1, 0.15) is 11.6 Å². The number of hydrogen-bond donors (Lipinski definition) is 2. The van der Waals surface area contributed by atoms with Gasteiger partial charge >= 0.3 is 0 Å². The van der Waals surface area contributed by atoms with Crippen molar-refractivity contribution in [1.82, 2.24) is 4.72 Å². The Bertz CT molecular complexity index is 888. The van der Waals surface area contributed by atoms with E-state index in [0.29, 0.717) is 44.5 Å². The molecular weight excluding hydrogens is 381 g/mol. The Hall–Kier alpha value is -1.94. The first-order valence-electron chi connectivity index (χ1n) is 8.50. The van der Waals surface area contributed by atoms with Crippen molar-refractivity contribution in [1.29, 1.82) is 0 Å². The third-order valence-corrected chi connectivity index (χ3v) is 5.97. The fourth-order valence-electron chi connectivity index (χ4n) is 3.03. The van der Waals surface area contributed by atoms with Crippen molar-refractivity contribution < 1.29 is 31.2 Å². The molecule has 1 fully saturated rings. The van der Waals surface area contributed by atoms with Crippen LogP contribution in [0.4, 0.5) is 13.2 Å². The molecule has 0 radical (unpaired) electrons. The molecule has 1 aliphatic heterocycles. The van der Waals surface area contributed by atoms with Crippen LogP contribution in [-0.4, -0.2) is 41.3 Å². The number of ether oxygens (including phenoxy) is 1. The van der Waals surface area contributed by atoms with E-state index in [1.807, 2.05) is 0 Å². The lowest BCUT2D eigenvalue weighted by Crippen LogP contribution is -3.14.